The molecule has 0 N–H and O–H groups in total. The van der Waals surface area contributed by atoms with Crippen LogP contribution in [0.4, 0.5) is 18.9 Å². The third-order valence-corrected chi connectivity index (χ3v) is 3.25. The number of carbonyl (C=O) groups is 2. The van der Waals surface area contributed by atoms with Gasteiger partial charge in [-0.05, 0) is 18.6 Å². The molecule has 0 aromatic heterocycles. The molecule has 2 amide bonds. The van der Waals surface area contributed by atoms with Crippen LogP contribution in [0.2, 0.25) is 0 Å². The van der Waals surface area contributed by atoms with E-state index < -0.39 is 41.5 Å². The standard InChI is InChI=1S/C15H19F3N2O2/c1-4-5-8-19(3)13(22)9-20(10(2)21)12-7-6-11(16)14(17)15(12)18/h6-7H,4-5,8-9H2,1-3H3. The largest absolute Gasteiger partial charge is 0.344 e. The first-order valence-corrected chi connectivity index (χ1v) is 6.95. The van der Waals surface area contributed by atoms with Gasteiger partial charge >= 0.3 is 0 Å². The predicted octanol–water partition coefficient (Wildman–Crippen LogP) is 2.72. The number of rotatable bonds is 6. The Morgan fingerprint density at radius 3 is 2.32 bits per heavy atom. The molecular formula is C15H19F3N2O2. The van der Waals surface area contributed by atoms with Crippen LogP contribution in [0.1, 0.15) is 26.7 Å². The molecule has 7 heteroatoms. The van der Waals surface area contributed by atoms with Gasteiger partial charge in [-0.2, -0.15) is 0 Å². The van der Waals surface area contributed by atoms with E-state index in [1.165, 1.54) is 4.90 Å². The zero-order chi connectivity index (χ0) is 16.9. The van der Waals surface area contributed by atoms with Crippen LogP contribution in [0.25, 0.3) is 0 Å². The van der Waals surface area contributed by atoms with Crippen molar-refractivity contribution in [1.29, 1.82) is 0 Å². The van der Waals surface area contributed by atoms with Gasteiger partial charge in [0.25, 0.3) is 0 Å². The van der Waals surface area contributed by atoms with Gasteiger partial charge in [0.2, 0.25) is 11.8 Å². The van der Waals surface area contributed by atoms with Crippen LogP contribution in [0.15, 0.2) is 12.1 Å². The third kappa shape index (κ3) is 4.22. The Kier molecular flexibility index (Phi) is 6.39. The number of unbranched alkanes of at least 4 members (excludes halogenated alkanes) is 1. The Hall–Kier alpha value is -2.05. The van der Waals surface area contributed by atoms with Gasteiger partial charge in [-0.1, -0.05) is 13.3 Å². The van der Waals surface area contributed by atoms with E-state index in [1.807, 2.05) is 6.92 Å². The van der Waals surface area contributed by atoms with Gasteiger partial charge in [0.15, 0.2) is 17.5 Å². The first-order chi connectivity index (χ1) is 10.3. The zero-order valence-electron chi connectivity index (χ0n) is 12.8. The summed E-state index contributed by atoms with van der Waals surface area (Å²) < 4.78 is 40.0. The molecule has 0 saturated carbocycles. The summed E-state index contributed by atoms with van der Waals surface area (Å²) in [6.45, 7) is 3.16. The van der Waals surface area contributed by atoms with E-state index >= 15 is 0 Å². The molecule has 1 rings (SSSR count). The molecule has 0 heterocycles. The minimum absolute atomic E-state index is 0.409. The minimum Gasteiger partial charge on any atom is -0.344 e. The lowest BCUT2D eigenvalue weighted by molar-refractivity contribution is -0.130. The van der Waals surface area contributed by atoms with Crippen molar-refractivity contribution in [3.8, 4) is 0 Å². The predicted molar refractivity (Wildman–Crippen MR) is 76.9 cm³/mol. The van der Waals surface area contributed by atoms with Crippen molar-refractivity contribution < 1.29 is 22.8 Å². The maximum atomic E-state index is 13.8. The molecule has 0 unspecified atom stereocenters. The van der Waals surface area contributed by atoms with Crippen LogP contribution >= 0.6 is 0 Å². The van der Waals surface area contributed by atoms with Crippen molar-refractivity contribution in [3.05, 3.63) is 29.6 Å². The molecule has 0 fully saturated rings. The van der Waals surface area contributed by atoms with Crippen LogP contribution in [-0.4, -0.2) is 36.9 Å². The topological polar surface area (TPSA) is 40.6 Å². The molecular weight excluding hydrogens is 297 g/mol. The van der Waals surface area contributed by atoms with Crippen LogP contribution in [-0.2, 0) is 9.59 Å². The lowest BCUT2D eigenvalue weighted by Crippen LogP contribution is -2.41. The molecule has 1 aromatic carbocycles. The van der Waals surface area contributed by atoms with E-state index in [-0.39, 0.29) is 0 Å². The Labute approximate surface area is 127 Å². The molecule has 0 aliphatic heterocycles. The van der Waals surface area contributed by atoms with E-state index in [0.29, 0.717) is 6.54 Å². The number of anilines is 1. The first-order valence-electron chi connectivity index (χ1n) is 6.95. The van der Waals surface area contributed by atoms with Gasteiger partial charge < -0.3 is 9.80 Å². The fourth-order valence-corrected chi connectivity index (χ4v) is 1.87. The maximum absolute atomic E-state index is 13.8. The molecule has 0 atom stereocenters. The van der Waals surface area contributed by atoms with E-state index in [4.69, 9.17) is 0 Å². The fraction of sp³-hybridized carbons (Fsp3) is 0.467. The minimum atomic E-state index is -1.67. The monoisotopic (exact) mass is 316 g/mol. The number of halogens is 3. The Morgan fingerprint density at radius 1 is 1.14 bits per heavy atom. The average molecular weight is 316 g/mol. The molecule has 0 aliphatic carbocycles. The zero-order valence-corrected chi connectivity index (χ0v) is 12.8. The summed E-state index contributed by atoms with van der Waals surface area (Å²) in [4.78, 5) is 25.9. The van der Waals surface area contributed by atoms with E-state index in [2.05, 4.69) is 0 Å². The normalized spacial score (nSPS) is 10.5. The van der Waals surface area contributed by atoms with Crippen molar-refractivity contribution in [2.75, 3.05) is 25.0 Å². The van der Waals surface area contributed by atoms with Gasteiger partial charge in [-0.3, -0.25) is 9.59 Å². The summed E-state index contributed by atoms with van der Waals surface area (Å²) in [5.41, 5.74) is -0.455. The molecule has 0 bridgehead atoms. The van der Waals surface area contributed by atoms with E-state index in [9.17, 15) is 22.8 Å². The second-order valence-electron chi connectivity index (χ2n) is 4.97. The number of hydrogen-bond donors (Lipinski definition) is 0. The molecule has 122 valence electrons. The van der Waals surface area contributed by atoms with Gasteiger partial charge in [-0.15, -0.1) is 0 Å². The Morgan fingerprint density at radius 2 is 1.77 bits per heavy atom. The number of likely N-dealkylation sites (N-methyl/N-ethyl adjacent to an activating group) is 1. The molecule has 0 aliphatic rings. The highest BCUT2D eigenvalue weighted by Gasteiger charge is 2.24. The lowest BCUT2D eigenvalue weighted by atomic mass is 10.2. The van der Waals surface area contributed by atoms with Crippen LogP contribution in [0.3, 0.4) is 0 Å². The number of amides is 2. The van der Waals surface area contributed by atoms with Gasteiger partial charge in [0.1, 0.15) is 6.54 Å². The van der Waals surface area contributed by atoms with Gasteiger partial charge in [-0.25, -0.2) is 13.2 Å². The maximum Gasteiger partial charge on any atom is 0.242 e. The Bertz CT molecular complexity index is 564. The Balaban J connectivity index is 2.98. The number of hydrogen-bond acceptors (Lipinski definition) is 2. The first kappa shape index (κ1) is 18.0. The molecule has 22 heavy (non-hydrogen) atoms. The molecule has 0 spiro atoms. The molecule has 0 saturated heterocycles. The fourth-order valence-electron chi connectivity index (χ4n) is 1.87. The van der Waals surface area contributed by atoms with E-state index in [1.54, 1.807) is 7.05 Å². The summed E-state index contributed by atoms with van der Waals surface area (Å²) >= 11 is 0. The lowest BCUT2D eigenvalue weighted by Gasteiger charge is -2.24. The molecule has 0 radical (unpaired) electrons. The van der Waals surface area contributed by atoms with Crippen molar-refractivity contribution in [1.82, 2.24) is 4.90 Å². The highest BCUT2D eigenvalue weighted by Crippen LogP contribution is 2.23. The summed E-state index contributed by atoms with van der Waals surface area (Å²) in [6, 6.07) is 1.66. The highest BCUT2D eigenvalue weighted by molar-refractivity contribution is 5.97. The van der Waals surface area contributed by atoms with Crippen LogP contribution < -0.4 is 4.90 Å². The van der Waals surface area contributed by atoms with Gasteiger partial charge in [0, 0.05) is 20.5 Å². The van der Waals surface area contributed by atoms with E-state index in [0.717, 1.165) is 36.8 Å². The van der Waals surface area contributed by atoms with Crippen molar-refractivity contribution >= 4 is 17.5 Å². The second-order valence-corrected chi connectivity index (χ2v) is 4.97. The summed E-state index contributed by atoms with van der Waals surface area (Å²) in [5.74, 6) is -5.55. The number of nitrogens with zero attached hydrogens (tertiary/aromatic N) is 2. The average Bonchev–Trinajstić information content (AvgIpc) is 2.48. The van der Waals surface area contributed by atoms with Crippen molar-refractivity contribution in [3.63, 3.8) is 0 Å². The number of benzene rings is 1. The summed E-state index contributed by atoms with van der Waals surface area (Å²) in [5, 5.41) is 0. The summed E-state index contributed by atoms with van der Waals surface area (Å²) in [6.07, 6.45) is 1.69. The quantitative estimate of drug-likeness (QED) is 0.757. The van der Waals surface area contributed by atoms with Crippen LogP contribution in [0.5, 0.6) is 0 Å². The van der Waals surface area contributed by atoms with Crippen molar-refractivity contribution in [2.45, 2.75) is 26.7 Å². The molecule has 4 nitrogen and oxygen atoms in total. The van der Waals surface area contributed by atoms with Gasteiger partial charge in [0.05, 0.1) is 5.69 Å². The highest BCUT2D eigenvalue weighted by atomic mass is 19.2. The second kappa shape index (κ2) is 7.82. The SMILES string of the molecule is CCCCN(C)C(=O)CN(C(C)=O)c1ccc(F)c(F)c1F. The number of carbonyl (C=O) groups excluding carboxylic acids is 2. The summed E-state index contributed by atoms with van der Waals surface area (Å²) in [7, 11) is 1.57. The van der Waals surface area contributed by atoms with Crippen LogP contribution in [0, 0.1) is 17.5 Å². The molecule has 1 aromatic rings. The smallest absolute Gasteiger partial charge is 0.242 e. The third-order valence-electron chi connectivity index (χ3n) is 3.25. The van der Waals surface area contributed by atoms with Crippen molar-refractivity contribution in [2.24, 2.45) is 0 Å².